The van der Waals surface area contributed by atoms with Crippen LogP contribution in [0.25, 0.3) is 6.08 Å². The smallest absolute Gasteiger partial charge is 0.119 e. The maximum Gasteiger partial charge on any atom is 0.119 e. The Hall–Kier alpha value is -3.72. The predicted molar refractivity (Wildman–Crippen MR) is 134 cm³/mol. The summed E-state index contributed by atoms with van der Waals surface area (Å²) in [6, 6.07) is 25.1. The Bertz CT molecular complexity index is 1020. The fraction of sp³-hybridized carbons (Fsp3) is 0.172. The van der Waals surface area contributed by atoms with Gasteiger partial charge in [-0.15, -0.1) is 0 Å². The maximum atomic E-state index is 5.63. The molecule has 0 aromatic heterocycles. The highest BCUT2D eigenvalue weighted by Gasteiger charge is 2.13. The van der Waals surface area contributed by atoms with Gasteiger partial charge in [-0.05, 0) is 80.1 Å². The molecule has 3 aromatic rings. The molecule has 0 radical (unpaired) electrons. The summed E-state index contributed by atoms with van der Waals surface area (Å²) in [4.78, 5) is 2.24. The minimum absolute atomic E-state index is 0.388. The summed E-state index contributed by atoms with van der Waals surface area (Å²) in [5.74, 6) is 2.13. The van der Waals surface area contributed by atoms with Crippen LogP contribution in [0.15, 0.2) is 103 Å². The van der Waals surface area contributed by atoms with Gasteiger partial charge < -0.3 is 14.4 Å². The highest BCUT2D eigenvalue weighted by molar-refractivity contribution is 5.77. The molecule has 1 aliphatic carbocycles. The van der Waals surface area contributed by atoms with Gasteiger partial charge in [-0.25, -0.2) is 0 Å². The molecule has 1 aliphatic rings. The summed E-state index contributed by atoms with van der Waals surface area (Å²) in [7, 11) is 0. The van der Waals surface area contributed by atoms with Crippen molar-refractivity contribution in [3.05, 3.63) is 109 Å². The second kappa shape index (κ2) is 10.5. The number of benzene rings is 3. The van der Waals surface area contributed by atoms with Crippen LogP contribution in [-0.2, 0) is 0 Å². The standard InChI is InChI=1S/C29H29NO2/c1-3-31-28-19-15-26(16-20-28)30(27-17-21-29(22-18-27)32-4-2)25-13-11-24(12-14-25)10-9-23-7-5-6-8-23/h5-23H,3-4H2,1-2H3/b10-9+. The first-order valence-electron chi connectivity index (χ1n) is 11.2. The quantitative estimate of drug-likeness (QED) is 0.352. The van der Waals surface area contributed by atoms with Crippen molar-refractivity contribution in [2.45, 2.75) is 13.8 Å². The van der Waals surface area contributed by atoms with Gasteiger partial charge in [0.15, 0.2) is 0 Å². The van der Waals surface area contributed by atoms with Gasteiger partial charge in [0.1, 0.15) is 11.5 Å². The van der Waals surface area contributed by atoms with E-state index in [4.69, 9.17) is 9.47 Å². The highest BCUT2D eigenvalue weighted by atomic mass is 16.5. The van der Waals surface area contributed by atoms with Crippen molar-refractivity contribution in [3.8, 4) is 11.5 Å². The minimum atomic E-state index is 0.388. The average molecular weight is 424 g/mol. The SMILES string of the molecule is CCOc1ccc(N(c2ccc(/C=C/C3C=CC=C3)cc2)c2ccc(OCC)cc2)cc1. The summed E-state index contributed by atoms with van der Waals surface area (Å²) in [5.41, 5.74) is 4.42. The molecule has 0 saturated carbocycles. The van der Waals surface area contributed by atoms with E-state index in [0.29, 0.717) is 19.1 Å². The van der Waals surface area contributed by atoms with Crippen molar-refractivity contribution >= 4 is 23.1 Å². The second-order valence-corrected chi connectivity index (χ2v) is 7.49. The van der Waals surface area contributed by atoms with Crippen LogP contribution < -0.4 is 14.4 Å². The third-order valence-electron chi connectivity index (χ3n) is 5.25. The molecule has 0 N–H and O–H groups in total. The molecule has 0 heterocycles. The molecule has 3 heteroatoms. The molecule has 0 aliphatic heterocycles. The number of nitrogens with zero attached hydrogens (tertiary/aromatic N) is 1. The van der Waals surface area contributed by atoms with Gasteiger partial charge in [0, 0.05) is 23.0 Å². The van der Waals surface area contributed by atoms with E-state index in [1.807, 2.05) is 38.1 Å². The Morgan fingerprint density at radius 2 is 1.09 bits per heavy atom. The zero-order valence-corrected chi connectivity index (χ0v) is 18.6. The number of rotatable bonds is 9. The van der Waals surface area contributed by atoms with Crippen LogP contribution in [0.3, 0.4) is 0 Å². The van der Waals surface area contributed by atoms with Crippen molar-refractivity contribution < 1.29 is 9.47 Å². The molecule has 0 amide bonds. The topological polar surface area (TPSA) is 21.7 Å². The lowest BCUT2D eigenvalue weighted by Crippen LogP contribution is -2.10. The fourth-order valence-electron chi connectivity index (χ4n) is 3.70. The molecule has 0 spiro atoms. The minimum Gasteiger partial charge on any atom is -0.494 e. The summed E-state index contributed by atoms with van der Waals surface area (Å²) < 4.78 is 11.3. The van der Waals surface area contributed by atoms with Crippen molar-refractivity contribution in [1.82, 2.24) is 0 Å². The Morgan fingerprint density at radius 1 is 0.656 bits per heavy atom. The van der Waals surface area contributed by atoms with Crippen molar-refractivity contribution in [2.75, 3.05) is 18.1 Å². The van der Waals surface area contributed by atoms with E-state index in [2.05, 4.69) is 89.9 Å². The number of hydrogen-bond acceptors (Lipinski definition) is 3. The van der Waals surface area contributed by atoms with E-state index < -0.39 is 0 Å². The summed E-state index contributed by atoms with van der Waals surface area (Å²) in [6.45, 7) is 5.30. The van der Waals surface area contributed by atoms with Crippen LogP contribution in [0.5, 0.6) is 11.5 Å². The van der Waals surface area contributed by atoms with Crippen molar-refractivity contribution in [1.29, 1.82) is 0 Å². The van der Waals surface area contributed by atoms with E-state index in [-0.39, 0.29) is 0 Å². The molecule has 0 unspecified atom stereocenters. The Labute approximate surface area is 190 Å². The monoisotopic (exact) mass is 423 g/mol. The van der Waals surface area contributed by atoms with Crippen LogP contribution in [0, 0.1) is 5.92 Å². The third kappa shape index (κ3) is 5.30. The Morgan fingerprint density at radius 3 is 1.53 bits per heavy atom. The molecule has 162 valence electrons. The molecule has 0 fully saturated rings. The zero-order valence-electron chi connectivity index (χ0n) is 18.6. The molecule has 3 nitrogen and oxygen atoms in total. The Balaban J connectivity index is 1.63. The van der Waals surface area contributed by atoms with Gasteiger partial charge in [0.25, 0.3) is 0 Å². The molecule has 0 atom stereocenters. The second-order valence-electron chi connectivity index (χ2n) is 7.49. The van der Waals surface area contributed by atoms with Gasteiger partial charge in [0.05, 0.1) is 13.2 Å². The fourth-order valence-corrected chi connectivity index (χ4v) is 3.70. The van der Waals surface area contributed by atoms with Crippen LogP contribution in [0.1, 0.15) is 19.4 Å². The largest absolute Gasteiger partial charge is 0.494 e. The van der Waals surface area contributed by atoms with Gasteiger partial charge >= 0.3 is 0 Å². The van der Waals surface area contributed by atoms with E-state index in [1.165, 1.54) is 5.56 Å². The number of ether oxygens (including phenoxy) is 2. The van der Waals surface area contributed by atoms with E-state index in [9.17, 15) is 0 Å². The van der Waals surface area contributed by atoms with Crippen LogP contribution in [0.4, 0.5) is 17.1 Å². The highest BCUT2D eigenvalue weighted by Crippen LogP contribution is 2.36. The van der Waals surface area contributed by atoms with Crippen molar-refractivity contribution in [2.24, 2.45) is 5.92 Å². The lowest BCUT2D eigenvalue weighted by Gasteiger charge is -2.26. The Kier molecular flexibility index (Phi) is 7.08. The van der Waals surface area contributed by atoms with E-state index >= 15 is 0 Å². The predicted octanol–water partition coefficient (Wildman–Crippen LogP) is 7.71. The molecule has 0 bridgehead atoms. The third-order valence-corrected chi connectivity index (χ3v) is 5.25. The van der Waals surface area contributed by atoms with Gasteiger partial charge in [-0.3, -0.25) is 0 Å². The number of anilines is 3. The van der Waals surface area contributed by atoms with Crippen molar-refractivity contribution in [3.63, 3.8) is 0 Å². The number of hydrogen-bond donors (Lipinski definition) is 0. The zero-order chi connectivity index (χ0) is 22.2. The van der Waals surface area contributed by atoms with E-state index in [1.54, 1.807) is 0 Å². The first-order chi connectivity index (χ1) is 15.8. The van der Waals surface area contributed by atoms with E-state index in [0.717, 1.165) is 28.6 Å². The summed E-state index contributed by atoms with van der Waals surface area (Å²) in [5, 5.41) is 0. The summed E-state index contributed by atoms with van der Waals surface area (Å²) in [6.07, 6.45) is 12.9. The number of allylic oxidation sites excluding steroid dienone is 5. The first-order valence-corrected chi connectivity index (χ1v) is 11.2. The van der Waals surface area contributed by atoms with Gasteiger partial charge in [-0.1, -0.05) is 48.6 Å². The van der Waals surface area contributed by atoms with Crippen LogP contribution in [0.2, 0.25) is 0 Å². The maximum absolute atomic E-state index is 5.63. The van der Waals surface area contributed by atoms with Crippen LogP contribution >= 0.6 is 0 Å². The average Bonchev–Trinajstić information content (AvgIpc) is 3.35. The summed E-state index contributed by atoms with van der Waals surface area (Å²) >= 11 is 0. The molecule has 3 aromatic carbocycles. The lowest BCUT2D eigenvalue weighted by molar-refractivity contribution is 0.340. The molecular formula is C29H29NO2. The molecule has 0 saturated heterocycles. The van der Waals surface area contributed by atoms with Gasteiger partial charge in [0.2, 0.25) is 0 Å². The van der Waals surface area contributed by atoms with Gasteiger partial charge in [-0.2, -0.15) is 0 Å². The normalized spacial score (nSPS) is 13.1. The molecule has 32 heavy (non-hydrogen) atoms. The first kappa shape index (κ1) is 21.5. The molecular weight excluding hydrogens is 394 g/mol. The lowest BCUT2D eigenvalue weighted by atomic mass is 10.1. The van der Waals surface area contributed by atoms with Crippen LogP contribution in [-0.4, -0.2) is 13.2 Å². The molecule has 4 rings (SSSR count).